The summed E-state index contributed by atoms with van der Waals surface area (Å²) in [5.41, 5.74) is 3.70. The van der Waals surface area contributed by atoms with E-state index in [9.17, 15) is 13.2 Å². The maximum absolute atomic E-state index is 12.9. The Morgan fingerprint density at radius 1 is 1.00 bits per heavy atom. The maximum atomic E-state index is 12.9. The number of aromatic nitrogens is 3. The Morgan fingerprint density at radius 2 is 1.82 bits per heavy atom. The van der Waals surface area contributed by atoms with Gasteiger partial charge in [0.15, 0.2) is 0 Å². The average Bonchev–Trinajstić information content (AvgIpc) is 2.79. The van der Waals surface area contributed by atoms with Crippen molar-refractivity contribution in [3.63, 3.8) is 0 Å². The van der Waals surface area contributed by atoms with Gasteiger partial charge in [-0.3, -0.25) is 4.98 Å². The van der Waals surface area contributed by atoms with Crippen molar-refractivity contribution in [2.45, 2.75) is 19.5 Å². The van der Waals surface area contributed by atoms with Gasteiger partial charge in [-0.2, -0.15) is 13.2 Å². The van der Waals surface area contributed by atoms with E-state index >= 15 is 0 Å². The van der Waals surface area contributed by atoms with Gasteiger partial charge in [-0.05, 0) is 55.5 Å². The first kappa shape index (κ1) is 23.2. The van der Waals surface area contributed by atoms with Crippen LogP contribution in [0.1, 0.15) is 17.0 Å². The summed E-state index contributed by atoms with van der Waals surface area (Å²) in [6.07, 6.45) is -0.662. The lowest BCUT2D eigenvalue weighted by atomic mass is 10.1. The van der Waals surface area contributed by atoms with Crippen molar-refractivity contribution >= 4 is 40.1 Å². The van der Waals surface area contributed by atoms with Gasteiger partial charge in [-0.25, -0.2) is 15.0 Å². The molecule has 2 aromatic heterocycles. The number of nitrogens with one attached hydrogen (secondary N) is 1. The zero-order chi connectivity index (χ0) is 24.3. The largest absolute Gasteiger partial charge is 0.416 e. The van der Waals surface area contributed by atoms with Gasteiger partial charge in [0.25, 0.3) is 0 Å². The molecule has 6 nitrogen and oxygen atoms in total. The third-order valence-electron chi connectivity index (χ3n) is 5.19. The predicted octanol–water partition coefficient (Wildman–Crippen LogP) is 6.11. The van der Waals surface area contributed by atoms with Crippen molar-refractivity contribution in [3.05, 3.63) is 77.7 Å². The summed E-state index contributed by atoms with van der Waals surface area (Å²) in [5.74, 6) is 0.378. The fraction of sp³-hybridized carbons (Fsp3) is 0.200. The second-order valence-corrected chi connectivity index (χ2v) is 7.96. The summed E-state index contributed by atoms with van der Waals surface area (Å²) in [4.78, 5) is 19.8. The number of halogens is 3. The number of fused-ring (bicyclic) bond motifs is 1. The van der Waals surface area contributed by atoms with E-state index in [0.717, 1.165) is 40.1 Å². The van der Waals surface area contributed by atoms with Crippen LogP contribution in [-0.2, 0) is 12.6 Å². The van der Waals surface area contributed by atoms with E-state index in [2.05, 4.69) is 25.3 Å². The third kappa shape index (κ3) is 5.48. The van der Waals surface area contributed by atoms with Crippen LogP contribution in [-0.4, -0.2) is 35.3 Å². The molecule has 9 heteroatoms. The number of aryl methyl sites for hydroxylation is 1. The Hall–Kier alpha value is -4.01. The number of benzene rings is 2. The minimum Gasteiger partial charge on any atom is -0.378 e. The highest BCUT2D eigenvalue weighted by molar-refractivity contribution is 5.85. The number of anilines is 3. The molecule has 0 saturated carbocycles. The standard InChI is InChI=1S/C25H23F3N6/c1-16-22-10-9-21(34(2)3)14-23(22)33-24(31-16)29-12-11-18-7-8-20(15-30-18)32-19-6-4-5-17(13-19)25(26,27)28/h4-10,12-15,32H,11H2,1-3H3. The van der Waals surface area contributed by atoms with Gasteiger partial charge >= 0.3 is 6.18 Å². The fourth-order valence-electron chi connectivity index (χ4n) is 3.38. The van der Waals surface area contributed by atoms with Crippen molar-refractivity contribution in [3.8, 4) is 0 Å². The maximum Gasteiger partial charge on any atom is 0.416 e. The van der Waals surface area contributed by atoms with Crippen LogP contribution in [0.5, 0.6) is 0 Å². The highest BCUT2D eigenvalue weighted by atomic mass is 19.4. The van der Waals surface area contributed by atoms with Gasteiger partial charge < -0.3 is 10.2 Å². The van der Waals surface area contributed by atoms with Gasteiger partial charge in [0.1, 0.15) is 0 Å². The van der Waals surface area contributed by atoms with Crippen molar-refractivity contribution in [2.24, 2.45) is 4.99 Å². The molecule has 0 saturated heterocycles. The Morgan fingerprint density at radius 3 is 2.53 bits per heavy atom. The monoisotopic (exact) mass is 464 g/mol. The molecule has 0 fully saturated rings. The molecular formula is C25H23F3N6. The molecule has 0 aliphatic heterocycles. The zero-order valence-electron chi connectivity index (χ0n) is 18.9. The fourth-order valence-corrected chi connectivity index (χ4v) is 3.38. The van der Waals surface area contributed by atoms with Crippen LogP contribution in [0.3, 0.4) is 0 Å². The van der Waals surface area contributed by atoms with E-state index in [1.807, 2.05) is 44.1 Å². The number of rotatable bonds is 6. The van der Waals surface area contributed by atoms with Crippen LogP contribution in [0.2, 0.25) is 0 Å². The Balaban J connectivity index is 1.43. The summed E-state index contributed by atoms with van der Waals surface area (Å²) in [5, 5.41) is 3.92. The van der Waals surface area contributed by atoms with Crippen LogP contribution in [0.25, 0.3) is 10.9 Å². The van der Waals surface area contributed by atoms with Crippen LogP contribution < -0.4 is 10.2 Å². The third-order valence-corrected chi connectivity index (χ3v) is 5.19. The van der Waals surface area contributed by atoms with E-state index in [4.69, 9.17) is 0 Å². The van der Waals surface area contributed by atoms with Crippen molar-refractivity contribution in [1.29, 1.82) is 0 Å². The summed E-state index contributed by atoms with van der Waals surface area (Å²) in [6, 6.07) is 14.6. The molecule has 0 aliphatic rings. The lowest BCUT2D eigenvalue weighted by Crippen LogP contribution is -2.08. The van der Waals surface area contributed by atoms with Gasteiger partial charge in [0.05, 0.1) is 28.7 Å². The SMILES string of the molecule is Cc1nc(N=CCc2ccc(Nc3cccc(C(F)(F)F)c3)cn2)nc2cc(N(C)C)ccc12. The van der Waals surface area contributed by atoms with E-state index in [1.54, 1.807) is 30.6 Å². The normalized spacial score (nSPS) is 11.8. The molecule has 0 bridgehead atoms. The predicted molar refractivity (Wildman–Crippen MR) is 129 cm³/mol. The number of alkyl halides is 3. The highest BCUT2D eigenvalue weighted by Gasteiger charge is 2.30. The summed E-state index contributed by atoms with van der Waals surface area (Å²) < 4.78 is 38.7. The van der Waals surface area contributed by atoms with Crippen molar-refractivity contribution in [1.82, 2.24) is 15.0 Å². The first-order valence-corrected chi connectivity index (χ1v) is 10.6. The average molecular weight is 464 g/mol. The number of aliphatic imine (C=N–C) groups is 1. The first-order chi connectivity index (χ1) is 16.2. The van der Waals surface area contributed by atoms with Gasteiger partial charge in [0, 0.05) is 49.2 Å². The van der Waals surface area contributed by atoms with Crippen LogP contribution in [0.4, 0.5) is 36.2 Å². The molecule has 34 heavy (non-hydrogen) atoms. The van der Waals surface area contributed by atoms with Crippen LogP contribution in [0, 0.1) is 6.92 Å². The molecule has 0 aliphatic carbocycles. The smallest absolute Gasteiger partial charge is 0.378 e. The molecule has 0 radical (unpaired) electrons. The van der Waals surface area contributed by atoms with Crippen molar-refractivity contribution < 1.29 is 13.2 Å². The molecule has 0 atom stereocenters. The van der Waals surface area contributed by atoms with Crippen LogP contribution in [0.15, 0.2) is 65.8 Å². The molecule has 4 rings (SSSR count). The molecule has 1 N–H and O–H groups in total. The molecule has 2 aromatic carbocycles. The quantitative estimate of drug-likeness (QED) is 0.349. The second kappa shape index (κ2) is 9.46. The van der Waals surface area contributed by atoms with E-state index in [0.29, 0.717) is 23.7 Å². The topological polar surface area (TPSA) is 66.3 Å². The minimum atomic E-state index is -4.39. The first-order valence-electron chi connectivity index (χ1n) is 10.6. The zero-order valence-corrected chi connectivity index (χ0v) is 18.9. The Labute approximate surface area is 195 Å². The van der Waals surface area contributed by atoms with Crippen molar-refractivity contribution in [2.75, 3.05) is 24.3 Å². The number of nitrogens with zero attached hydrogens (tertiary/aromatic N) is 5. The summed E-state index contributed by atoms with van der Waals surface area (Å²) >= 11 is 0. The summed E-state index contributed by atoms with van der Waals surface area (Å²) in [7, 11) is 3.95. The van der Waals surface area contributed by atoms with Gasteiger partial charge in [0.2, 0.25) is 5.95 Å². The summed E-state index contributed by atoms with van der Waals surface area (Å²) in [6.45, 7) is 1.93. The van der Waals surface area contributed by atoms with E-state index in [-0.39, 0.29) is 0 Å². The highest BCUT2D eigenvalue weighted by Crippen LogP contribution is 2.31. The van der Waals surface area contributed by atoms with Crippen LogP contribution >= 0.6 is 0 Å². The second-order valence-electron chi connectivity index (χ2n) is 7.96. The lowest BCUT2D eigenvalue weighted by Gasteiger charge is -2.13. The van der Waals surface area contributed by atoms with Gasteiger partial charge in [-0.15, -0.1) is 0 Å². The minimum absolute atomic E-state index is 0.340. The molecule has 0 amide bonds. The number of hydrogen-bond donors (Lipinski definition) is 1. The Kier molecular flexibility index (Phi) is 6.45. The Bertz CT molecular complexity index is 1330. The van der Waals surface area contributed by atoms with E-state index in [1.165, 1.54) is 6.07 Å². The molecular weight excluding hydrogens is 441 g/mol. The molecule has 0 spiro atoms. The molecule has 2 heterocycles. The number of pyridine rings is 1. The molecule has 4 aromatic rings. The molecule has 174 valence electrons. The molecule has 0 unspecified atom stereocenters. The van der Waals surface area contributed by atoms with Gasteiger partial charge in [-0.1, -0.05) is 6.07 Å². The number of hydrogen-bond acceptors (Lipinski definition) is 6. The van der Waals surface area contributed by atoms with E-state index < -0.39 is 11.7 Å². The lowest BCUT2D eigenvalue weighted by molar-refractivity contribution is -0.137.